The Morgan fingerprint density at radius 2 is 2.33 bits per heavy atom. The lowest BCUT2D eigenvalue weighted by Gasteiger charge is -2.16. The second kappa shape index (κ2) is 4.47. The second-order valence-electron chi connectivity index (χ2n) is 4.21. The van der Waals surface area contributed by atoms with E-state index < -0.39 is 0 Å². The summed E-state index contributed by atoms with van der Waals surface area (Å²) in [5.74, 6) is 2.28. The Labute approximate surface area is 90.5 Å². The number of nitrogens with two attached hydrogens (primary N) is 1. The molecule has 1 saturated heterocycles. The maximum atomic E-state index is 5.51. The van der Waals surface area contributed by atoms with Crippen LogP contribution in [0.2, 0.25) is 0 Å². The summed E-state index contributed by atoms with van der Waals surface area (Å²) in [6, 6.07) is 3.77. The van der Waals surface area contributed by atoms with E-state index in [9.17, 15) is 0 Å². The smallest absolute Gasteiger partial charge is 0.151 e. The SMILES string of the molecule is CCCC1CCN(c2ccc(N)nn2)C1. The van der Waals surface area contributed by atoms with E-state index in [1.54, 1.807) is 0 Å². The van der Waals surface area contributed by atoms with Gasteiger partial charge in [0, 0.05) is 13.1 Å². The van der Waals surface area contributed by atoms with Gasteiger partial charge >= 0.3 is 0 Å². The highest BCUT2D eigenvalue weighted by Gasteiger charge is 2.22. The van der Waals surface area contributed by atoms with E-state index in [4.69, 9.17) is 5.73 Å². The summed E-state index contributed by atoms with van der Waals surface area (Å²) in [6.07, 6.45) is 3.87. The minimum absolute atomic E-state index is 0.489. The fourth-order valence-electron chi connectivity index (χ4n) is 2.19. The zero-order valence-corrected chi connectivity index (χ0v) is 9.19. The highest BCUT2D eigenvalue weighted by molar-refractivity contribution is 5.42. The first-order chi connectivity index (χ1) is 7.29. The summed E-state index contributed by atoms with van der Waals surface area (Å²) in [7, 11) is 0. The highest BCUT2D eigenvalue weighted by atomic mass is 15.3. The molecule has 2 N–H and O–H groups in total. The molecule has 1 aromatic rings. The van der Waals surface area contributed by atoms with Crippen molar-refractivity contribution in [1.82, 2.24) is 10.2 Å². The van der Waals surface area contributed by atoms with Gasteiger partial charge in [-0.25, -0.2) is 0 Å². The molecule has 1 aliphatic heterocycles. The molecule has 0 amide bonds. The molecular weight excluding hydrogens is 188 g/mol. The zero-order chi connectivity index (χ0) is 10.7. The number of nitrogen functional groups attached to an aromatic ring is 1. The lowest BCUT2D eigenvalue weighted by atomic mass is 10.0. The maximum absolute atomic E-state index is 5.51. The Hall–Kier alpha value is -1.32. The predicted molar refractivity (Wildman–Crippen MR) is 61.7 cm³/mol. The van der Waals surface area contributed by atoms with Crippen molar-refractivity contribution < 1.29 is 0 Å². The molecule has 1 fully saturated rings. The van der Waals surface area contributed by atoms with E-state index in [0.717, 1.165) is 24.8 Å². The molecule has 2 heterocycles. The third kappa shape index (κ3) is 2.37. The minimum Gasteiger partial charge on any atom is -0.382 e. The van der Waals surface area contributed by atoms with Gasteiger partial charge in [-0.3, -0.25) is 0 Å². The van der Waals surface area contributed by atoms with Crippen LogP contribution in [0.4, 0.5) is 11.6 Å². The molecule has 0 aromatic carbocycles. The molecule has 82 valence electrons. The molecule has 1 atom stereocenters. The first kappa shape index (κ1) is 10.2. The summed E-state index contributed by atoms with van der Waals surface area (Å²) >= 11 is 0. The molecule has 0 saturated carbocycles. The molecule has 4 nitrogen and oxygen atoms in total. The van der Waals surface area contributed by atoms with Gasteiger partial charge in [0.05, 0.1) is 0 Å². The number of anilines is 2. The Morgan fingerprint density at radius 3 is 3.00 bits per heavy atom. The Morgan fingerprint density at radius 1 is 1.47 bits per heavy atom. The third-order valence-corrected chi connectivity index (χ3v) is 2.98. The van der Waals surface area contributed by atoms with Crippen molar-refractivity contribution in [1.29, 1.82) is 0 Å². The molecular formula is C11H18N4. The largest absolute Gasteiger partial charge is 0.382 e. The topological polar surface area (TPSA) is 55.0 Å². The summed E-state index contributed by atoms with van der Waals surface area (Å²) in [5, 5.41) is 7.99. The standard InChI is InChI=1S/C11H18N4/c1-2-3-9-6-7-15(8-9)11-5-4-10(12)13-14-11/h4-5,9H,2-3,6-8H2,1H3,(H2,12,13). The van der Waals surface area contributed by atoms with Crippen molar-refractivity contribution >= 4 is 11.6 Å². The Balaban J connectivity index is 1.98. The van der Waals surface area contributed by atoms with Gasteiger partial charge in [-0.05, 0) is 30.9 Å². The quantitative estimate of drug-likeness (QED) is 0.817. The number of aromatic nitrogens is 2. The molecule has 4 heteroatoms. The molecule has 0 aliphatic carbocycles. The van der Waals surface area contributed by atoms with Crippen LogP contribution in [0.25, 0.3) is 0 Å². The predicted octanol–water partition coefficient (Wildman–Crippen LogP) is 1.69. The normalized spacial score (nSPS) is 20.9. The molecule has 15 heavy (non-hydrogen) atoms. The highest BCUT2D eigenvalue weighted by Crippen LogP contribution is 2.24. The first-order valence-corrected chi connectivity index (χ1v) is 5.63. The summed E-state index contributed by atoms with van der Waals surface area (Å²) in [4.78, 5) is 2.30. The number of rotatable bonds is 3. The van der Waals surface area contributed by atoms with Crippen LogP contribution in [0.3, 0.4) is 0 Å². The van der Waals surface area contributed by atoms with E-state index >= 15 is 0 Å². The van der Waals surface area contributed by atoms with Gasteiger partial charge in [0.2, 0.25) is 0 Å². The van der Waals surface area contributed by atoms with Gasteiger partial charge in [-0.2, -0.15) is 0 Å². The van der Waals surface area contributed by atoms with Crippen molar-refractivity contribution in [3.8, 4) is 0 Å². The molecule has 2 rings (SSSR count). The first-order valence-electron chi connectivity index (χ1n) is 5.63. The molecule has 1 unspecified atom stereocenters. The van der Waals surface area contributed by atoms with Crippen molar-refractivity contribution in [2.24, 2.45) is 5.92 Å². The Kier molecular flexibility index (Phi) is 3.04. The van der Waals surface area contributed by atoms with Crippen LogP contribution in [-0.2, 0) is 0 Å². The number of hydrogen-bond donors (Lipinski definition) is 1. The second-order valence-corrected chi connectivity index (χ2v) is 4.21. The molecule has 0 bridgehead atoms. The minimum atomic E-state index is 0.489. The van der Waals surface area contributed by atoms with Crippen LogP contribution in [-0.4, -0.2) is 23.3 Å². The van der Waals surface area contributed by atoms with Crippen LogP contribution < -0.4 is 10.6 Å². The van der Waals surface area contributed by atoms with Crippen LogP contribution in [0.1, 0.15) is 26.2 Å². The lowest BCUT2D eigenvalue weighted by molar-refractivity contribution is 0.529. The van der Waals surface area contributed by atoms with Gasteiger partial charge in [-0.1, -0.05) is 13.3 Å². The summed E-state index contributed by atoms with van der Waals surface area (Å²) in [6.45, 7) is 4.46. The number of nitrogens with zero attached hydrogens (tertiary/aromatic N) is 3. The van der Waals surface area contributed by atoms with Crippen molar-refractivity contribution in [2.75, 3.05) is 23.7 Å². The van der Waals surface area contributed by atoms with Gasteiger partial charge in [0.25, 0.3) is 0 Å². The van der Waals surface area contributed by atoms with Crippen LogP contribution >= 0.6 is 0 Å². The van der Waals surface area contributed by atoms with E-state index in [0.29, 0.717) is 5.82 Å². The van der Waals surface area contributed by atoms with Crippen molar-refractivity contribution in [3.63, 3.8) is 0 Å². The summed E-state index contributed by atoms with van der Waals surface area (Å²) in [5.41, 5.74) is 5.51. The monoisotopic (exact) mass is 206 g/mol. The van der Waals surface area contributed by atoms with Gasteiger partial charge in [0.15, 0.2) is 5.82 Å². The van der Waals surface area contributed by atoms with Crippen LogP contribution in [0.5, 0.6) is 0 Å². The van der Waals surface area contributed by atoms with Crippen LogP contribution in [0.15, 0.2) is 12.1 Å². The fraction of sp³-hybridized carbons (Fsp3) is 0.636. The molecule has 1 aromatic heterocycles. The van der Waals surface area contributed by atoms with E-state index in [1.807, 2.05) is 12.1 Å². The van der Waals surface area contributed by atoms with Gasteiger partial charge in [0.1, 0.15) is 5.82 Å². The molecule has 0 radical (unpaired) electrons. The molecule has 0 spiro atoms. The average molecular weight is 206 g/mol. The van der Waals surface area contributed by atoms with Gasteiger partial charge in [-0.15, -0.1) is 10.2 Å². The van der Waals surface area contributed by atoms with E-state index in [-0.39, 0.29) is 0 Å². The van der Waals surface area contributed by atoms with E-state index in [2.05, 4.69) is 22.0 Å². The zero-order valence-electron chi connectivity index (χ0n) is 9.19. The lowest BCUT2D eigenvalue weighted by Crippen LogP contribution is -2.21. The van der Waals surface area contributed by atoms with Crippen LogP contribution in [0, 0.1) is 5.92 Å². The fourth-order valence-corrected chi connectivity index (χ4v) is 2.19. The van der Waals surface area contributed by atoms with E-state index in [1.165, 1.54) is 19.3 Å². The van der Waals surface area contributed by atoms with Crippen molar-refractivity contribution in [2.45, 2.75) is 26.2 Å². The van der Waals surface area contributed by atoms with Gasteiger partial charge < -0.3 is 10.6 Å². The number of hydrogen-bond acceptors (Lipinski definition) is 4. The average Bonchev–Trinajstić information content (AvgIpc) is 2.68. The Bertz CT molecular complexity index is 309. The molecule has 1 aliphatic rings. The third-order valence-electron chi connectivity index (χ3n) is 2.98. The summed E-state index contributed by atoms with van der Waals surface area (Å²) < 4.78 is 0. The van der Waals surface area contributed by atoms with Crippen molar-refractivity contribution in [3.05, 3.63) is 12.1 Å². The maximum Gasteiger partial charge on any atom is 0.151 e.